The predicted molar refractivity (Wildman–Crippen MR) is 214 cm³/mol. The van der Waals surface area contributed by atoms with Crippen molar-refractivity contribution in [2.45, 2.75) is 136 Å². The van der Waals surface area contributed by atoms with Gasteiger partial charge in [-0.2, -0.15) is 0 Å². The molecule has 8 heteroatoms. The first-order chi connectivity index (χ1) is 26.3. The molecule has 9 rings (SSSR count). The molecule has 1 N–H and O–H groups in total. The number of methoxy groups -OCH3 is 1. The number of piperidine rings is 3. The van der Waals surface area contributed by atoms with Gasteiger partial charge in [0, 0.05) is 43.4 Å². The second-order valence-corrected chi connectivity index (χ2v) is 19.4. The third-order valence-corrected chi connectivity index (χ3v) is 16.8. The van der Waals surface area contributed by atoms with Crippen LogP contribution in [0, 0.1) is 58.2 Å². The SMILES string of the molecule is C=C[C@H]1CN2CC[C@H]1C[C@@H]2[C@@H](O)c1cc(CC[C@@H](C)[C@H]2CC[C@H]3[C@@H]4C[C@H](OC(C)=O)[C@@H]5C[C@H](OC(C)=O)CC[C@]5(C)[C@H]4CC[C@]23C)nc2ccc(OC)cc12. The molecule has 4 aliphatic carbocycles. The molecular weight excluding hydrogens is 689 g/mol. The molecule has 3 saturated heterocycles. The largest absolute Gasteiger partial charge is 0.497 e. The van der Waals surface area contributed by atoms with Gasteiger partial charge in [0.05, 0.1) is 18.7 Å². The zero-order chi connectivity index (χ0) is 38.8. The second kappa shape index (κ2) is 15.1. The fourth-order valence-electron chi connectivity index (χ4n) is 14.2. The lowest BCUT2D eigenvalue weighted by Crippen LogP contribution is -2.59. The minimum absolute atomic E-state index is 0.0831. The maximum absolute atomic E-state index is 12.5. The van der Waals surface area contributed by atoms with E-state index in [-0.39, 0.29) is 46.9 Å². The van der Waals surface area contributed by atoms with Crippen LogP contribution in [0.3, 0.4) is 0 Å². The topological polar surface area (TPSA) is 98.2 Å². The van der Waals surface area contributed by atoms with Crippen molar-refractivity contribution in [1.82, 2.24) is 9.88 Å². The number of aryl methyl sites for hydroxylation is 1. The number of aliphatic hydroxyl groups excluding tert-OH is 1. The number of rotatable bonds is 10. The Balaban J connectivity index is 0.998. The Labute approximate surface area is 329 Å². The number of ether oxygens (including phenoxy) is 3. The fourth-order valence-corrected chi connectivity index (χ4v) is 14.2. The van der Waals surface area contributed by atoms with Crippen molar-refractivity contribution in [3.8, 4) is 5.75 Å². The number of carbonyl (C=O) groups is 2. The van der Waals surface area contributed by atoms with Gasteiger partial charge in [-0.1, -0.05) is 26.8 Å². The van der Waals surface area contributed by atoms with Crippen molar-refractivity contribution >= 4 is 22.8 Å². The monoisotopic (exact) mass is 754 g/mol. The van der Waals surface area contributed by atoms with Crippen molar-refractivity contribution in [1.29, 1.82) is 0 Å². The smallest absolute Gasteiger partial charge is 0.302 e. The summed E-state index contributed by atoms with van der Waals surface area (Å²) in [6.07, 6.45) is 14.1. The zero-order valence-electron chi connectivity index (χ0n) is 34.3. The Morgan fingerprint density at radius 3 is 2.45 bits per heavy atom. The summed E-state index contributed by atoms with van der Waals surface area (Å²) < 4.78 is 17.6. The van der Waals surface area contributed by atoms with E-state index in [2.05, 4.69) is 56.5 Å². The quantitative estimate of drug-likeness (QED) is 0.190. The first-order valence-corrected chi connectivity index (χ1v) is 21.7. The summed E-state index contributed by atoms with van der Waals surface area (Å²) in [5.41, 5.74) is 3.33. The van der Waals surface area contributed by atoms with E-state index in [1.807, 2.05) is 6.07 Å². The zero-order valence-corrected chi connectivity index (χ0v) is 34.3. The highest BCUT2D eigenvalue weighted by Crippen LogP contribution is 2.69. The number of hydrogen-bond donors (Lipinski definition) is 1. The van der Waals surface area contributed by atoms with Crippen LogP contribution in [0.25, 0.3) is 10.9 Å². The number of esters is 2. The summed E-state index contributed by atoms with van der Waals surface area (Å²) in [6.45, 7) is 16.7. The van der Waals surface area contributed by atoms with Crippen molar-refractivity contribution < 1.29 is 28.9 Å². The van der Waals surface area contributed by atoms with Gasteiger partial charge in [-0.3, -0.25) is 19.5 Å². The van der Waals surface area contributed by atoms with Crippen LogP contribution in [0.1, 0.15) is 123 Å². The first-order valence-electron chi connectivity index (χ1n) is 21.7. The normalized spacial score (nSPS) is 40.3. The molecule has 8 nitrogen and oxygen atoms in total. The molecule has 15 atom stereocenters. The van der Waals surface area contributed by atoms with Crippen LogP contribution in [-0.4, -0.2) is 65.4 Å². The number of aliphatic hydroxyl groups is 1. The minimum atomic E-state index is -0.587. The van der Waals surface area contributed by atoms with Crippen LogP contribution in [0.2, 0.25) is 0 Å². The van der Waals surface area contributed by atoms with Crippen molar-refractivity contribution in [3.63, 3.8) is 0 Å². The highest BCUT2D eigenvalue weighted by atomic mass is 16.5. The van der Waals surface area contributed by atoms with Gasteiger partial charge in [-0.15, -0.1) is 6.58 Å². The van der Waals surface area contributed by atoms with Gasteiger partial charge < -0.3 is 19.3 Å². The molecule has 1 aromatic heterocycles. The molecule has 300 valence electrons. The molecule has 4 saturated carbocycles. The maximum Gasteiger partial charge on any atom is 0.302 e. The lowest BCUT2D eigenvalue weighted by Gasteiger charge is -2.62. The van der Waals surface area contributed by atoms with Gasteiger partial charge in [-0.25, -0.2) is 0 Å². The molecule has 4 heterocycles. The van der Waals surface area contributed by atoms with E-state index < -0.39 is 6.10 Å². The molecule has 7 fully saturated rings. The predicted octanol–water partition coefficient (Wildman–Crippen LogP) is 8.87. The summed E-state index contributed by atoms with van der Waals surface area (Å²) in [5, 5.41) is 13.1. The van der Waals surface area contributed by atoms with Crippen molar-refractivity contribution in [3.05, 3.63) is 48.2 Å². The third-order valence-electron chi connectivity index (χ3n) is 16.8. The van der Waals surface area contributed by atoms with Crippen LogP contribution in [0.15, 0.2) is 36.9 Å². The molecular formula is C47H66N2O6. The van der Waals surface area contributed by atoms with Gasteiger partial charge in [0.25, 0.3) is 0 Å². The Morgan fingerprint density at radius 1 is 0.982 bits per heavy atom. The summed E-state index contributed by atoms with van der Waals surface area (Å²) in [7, 11) is 1.70. The third kappa shape index (κ3) is 6.93. The number of aromatic nitrogens is 1. The summed E-state index contributed by atoms with van der Waals surface area (Å²) in [4.78, 5) is 32.1. The minimum Gasteiger partial charge on any atom is -0.497 e. The molecule has 0 amide bonds. The van der Waals surface area contributed by atoms with E-state index >= 15 is 0 Å². The van der Waals surface area contributed by atoms with E-state index in [1.165, 1.54) is 39.0 Å². The molecule has 7 aliphatic rings. The molecule has 0 spiro atoms. The van der Waals surface area contributed by atoms with E-state index in [1.54, 1.807) is 14.0 Å². The number of benzene rings is 1. The molecule has 1 unspecified atom stereocenters. The number of nitrogens with zero attached hydrogens (tertiary/aromatic N) is 2. The summed E-state index contributed by atoms with van der Waals surface area (Å²) >= 11 is 0. The van der Waals surface area contributed by atoms with Gasteiger partial charge >= 0.3 is 11.9 Å². The molecule has 1 aromatic carbocycles. The number of pyridine rings is 1. The Morgan fingerprint density at radius 2 is 1.75 bits per heavy atom. The number of carbonyl (C=O) groups excluding carboxylic acids is 2. The Kier molecular flexibility index (Phi) is 10.7. The van der Waals surface area contributed by atoms with Gasteiger partial charge in [0.15, 0.2) is 0 Å². The van der Waals surface area contributed by atoms with E-state index in [0.29, 0.717) is 41.4 Å². The van der Waals surface area contributed by atoms with Crippen LogP contribution in [-0.2, 0) is 25.5 Å². The van der Waals surface area contributed by atoms with Crippen LogP contribution < -0.4 is 4.74 Å². The van der Waals surface area contributed by atoms with Gasteiger partial charge in [-0.05, 0) is 166 Å². The van der Waals surface area contributed by atoms with E-state index in [4.69, 9.17) is 19.2 Å². The van der Waals surface area contributed by atoms with E-state index in [9.17, 15) is 14.7 Å². The second-order valence-electron chi connectivity index (χ2n) is 19.4. The maximum atomic E-state index is 12.5. The Bertz CT molecular complexity index is 1780. The first kappa shape index (κ1) is 38.9. The summed E-state index contributed by atoms with van der Waals surface area (Å²) in [6, 6.07) is 8.41. The van der Waals surface area contributed by atoms with Gasteiger partial charge in [0.1, 0.15) is 18.0 Å². The molecule has 0 radical (unpaired) electrons. The van der Waals surface area contributed by atoms with Crippen molar-refractivity contribution in [2.24, 2.45) is 58.2 Å². The Hall–Kier alpha value is -2.97. The molecule has 2 aromatic rings. The highest BCUT2D eigenvalue weighted by molar-refractivity contribution is 5.84. The van der Waals surface area contributed by atoms with Gasteiger partial charge in [0.2, 0.25) is 0 Å². The fraction of sp³-hybridized carbons (Fsp3) is 0.723. The van der Waals surface area contributed by atoms with Crippen molar-refractivity contribution in [2.75, 3.05) is 20.2 Å². The number of fused-ring (bicyclic) bond motifs is 9. The standard InChI is InChI=1S/C47H66N2O6/c1-8-30-26-49-20-17-31(30)21-43(49)45(52)36-22-32(48-42-14-11-33(53-7)23-35(36)42)10-9-27(2)38-12-13-39-37-25-44(55-29(4)51)41-24-34(54-28(3)50)15-18-47(41,6)40(37)16-19-46(38,39)5/h8,11,14,22-23,27,30-31,34,37-41,43-45,52H,1,9-10,12-13,15-21,24-26H2,2-7H3/t27-,30+,31+,34-,37+,38-,39+,40+,41+,43-,44+,45+,46-,47-/m1/s1. The average molecular weight is 755 g/mol. The lowest BCUT2D eigenvalue weighted by molar-refractivity contribution is -0.197. The average Bonchev–Trinajstić information content (AvgIpc) is 3.53. The van der Waals surface area contributed by atoms with Crippen LogP contribution >= 0.6 is 0 Å². The summed E-state index contributed by atoms with van der Waals surface area (Å²) in [5.74, 6) is 4.65. The number of hydrogen-bond acceptors (Lipinski definition) is 8. The molecule has 2 bridgehead atoms. The lowest BCUT2D eigenvalue weighted by atomic mass is 9.43. The highest BCUT2D eigenvalue weighted by Gasteiger charge is 2.63. The molecule has 55 heavy (non-hydrogen) atoms. The van der Waals surface area contributed by atoms with Crippen LogP contribution in [0.4, 0.5) is 0 Å². The van der Waals surface area contributed by atoms with Crippen LogP contribution in [0.5, 0.6) is 5.75 Å². The molecule has 3 aliphatic heterocycles. The van der Waals surface area contributed by atoms with E-state index in [0.717, 1.165) is 85.9 Å².